The highest BCUT2D eigenvalue weighted by molar-refractivity contribution is 5.89. The Hall–Kier alpha value is -1.55. The van der Waals surface area contributed by atoms with E-state index in [0.717, 1.165) is 24.4 Å². The van der Waals surface area contributed by atoms with E-state index in [9.17, 15) is 9.90 Å². The molecule has 1 aliphatic rings. The molecule has 1 saturated carbocycles. The van der Waals surface area contributed by atoms with Crippen LogP contribution in [0.5, 0.6) is 0 Å². The summed E-state index contributed by atoms with van der Waals surface area (Å²) in [7, 11) is 0. The Balaban J connectivity index is 1.72. The van der Waals surface area contributed by atoms with Crippen LogP contribution in [0, 0.1) is 5.92 Å². The number of rotatable bonds is 5. The number of hydrogen-bond acceptors (Lipinski definition) is 2. The minimum atomic E-state index is -0.527. The molecule has 3 N–H and O–H groups in total. The molecule has 1 unspecified atom stereocenters. The van der Waals surface area contributed by atoms with Crippen LogP contribution in [0.2, 0.25) is 0 Å². The van der Waals surface area contributed by atoms with E-state index in [4.69, 9.17) is 0 Å². The maximum Gasteiger partial charge on any atom is 0.319 e. The zero-order valence-electron chi connectivity index (χ0n) is 12.8. The van der Waals surface area contributed by atoms with Gasteiger partial charge in [0, 0.05) is 12.2 Å². The molecule has 1 aromatic carbocycles. The highest BCUT2D eigenvalue weighted by atomic mass is 16.3. The van der Waals surface area contributed by atoms with E-state index >= 15 is 0 Å². The fourth-order valence-corrected chi connectivity index (χ4v) is 2.92. The van der Waals surface area contributed by atoms with Crippen molar-refractivity contribution in [3.63, 3.8) is 0 Å². The van der Waals surface area contributed by atoms with Crippen molar-refractivity contribution in [1.82, 2.24) is 5.32 Å². The van der Waals surface area contributed by atoms with E-state index < -0.39 is 6.10 Å². The first-order chi connectivity index (χ1) is 10.1. The van der Waals surface area contributed by atoms with Gasteiger partial charge in [-0.25, -0.2) is 4.79 Å². The first-order valence-electron chi connectivity index (χ1n) is 7.98. The molecule has 1 fully saturated rings. The van der Waals surface area contributed by atoms with Crippen LogP contribution in [-0.2, 0) is 0 Å². The Labute approximate surface area is 126 Å². The highest BCUT2D eigenvalue weighted by Crippen LogP contribution is 2.25. The number of carbonyl (C=O) groups excluding carboxylic acids is 1. The van der Waals surface area contributed by atoms with Crippen molar-refractivity contribution in [3.05, 3.63) is 29.8 Å². The minimum absolute atomic E-state index is 0.173. The molecule has 0 saturated heterocycles. The molecule has 0 aromatic heterocycles. The Kier molecular flexibility index (Phi) is 6.05. The first kappa shape index (κ1) is 15.8. The van der Waals surface area contributed by atoms with Gasteiger partial charge in [-0.15, -0.1) is 0 Å². The summed E-state index contributed by atoms with van der Waals surface area (Å²) in [6.45, 7) is 2.44. The number of hydrogen-bond donors (Lipinski definition) is 3. The molecule has 2 amide bonds. The number of benzene rings is 1. The lowest BCUT2D eigenvalue weighted by molar-refractivity contribution is 0.199. The summed E-state index contributed by atoms with van der Waals surface area (Å²) in [5.74, 6) is 0.776. The summed E-state index contributed by atoms with van der Waals surface area (Å²) >= 11 is 0. The summed E-state index contributed by atoms with van der Waals surface area (Å²) in [5, 5.41) is 15.3. The first-order valence-corrected chi connectivity index (χ1v) is 7.98. The van der Waals surface area contributed by atoms with E-state index in [1.54, 1.807) is 13.0 Å². The average molecular weight is 290 g/mol. The Morgan fingerprint density at radius 1 is 1.33 bits per heavy atom. The monoisotopic (exact) mass is 290 g/mol. The van der Waals surface area contributed by atoms with E-state index in [0.29, 0.717) is 5.69 Å². The summed E-state index contributed by atoms with van der Waals surface area (Å²) in [4.78, 5) is 11.9. The number of anilines is 1. The zero-order valence-corrected chi connectivity index (χ0v) is 12.8. The van der Waals surface area contributed by atoms with Crippen molar-refractivity contribution in [2.45, 2.75) is 51.6 Å². The largest absolute Gasteiger partial charge is 0.389 e. The van der Waals surface area contributed by atoms with Gasteiger partial charge in [0.1, 0.15) is 0 Å². The Morgan fingerprint density at radius 2 is 2.10 bits per heavy atom. The van der Waals surface area contributed by atoms with Crippen LogP contribution in [0.4, 0.5) is 10.5 Å². The second kappa shape index (κ2) is 8.03. The third-order valence-corrected chi connectivity index (χ3v) is 4.19. The standard InChI is InChI=1S/C17H26N2O2/c1-13(20)15-8-5-9-16(12-15)19-17(21)18-11-10-14-6-3-2-4-7-14/h5,8-9,12-14,20H,2-4,6-7,10-11H2,1H3,(H2,18,19,21). The molecule has 4 heteroatoms. The summed E-state index contributed by atoms with van der Waals surface area (Å²) in [6.07, 6.45) is 7.19. The quantitative estimate of drug-likeness (QED) is 0.771. The lowest BCUT2D eigenvalue weighted by Crippen LogP contribution is -2.30. The van der Waals surface area contributed by atoms with Crippen LogP contribution in [0.25, 0.3) is 0 Å². The van der Waals surface area contributed by atoms with Gasteiger partial charge in [0.25, 0.3) is 0 Å². The predicted molar refractivity (Wildman–Crippen MR) is 85.3 cm³/mol. The normalized spacial score (nSPS) is 17.2. The predicted octanol–water partition coefficient (Wildman–Crippen LogP) is 3.83. The van der Waals surface area contributed by atoms with Gasteiger partial charge in [-0.3, -0.25) is 0 Å². The van der Waals surface area contributed by atoms with E-state index in [-0.39, 0.29) is 6.03 Å². The molecule has 116 valence electrons. The molecule has 21 heavy (non-hydrogen) atoms. The van der Waals surface area contributed by atoms with E-state index in [1.165, 1.54) is 32.1 Å². The van der Waals surface area contributed by atoms with Crippen LogP contribution in [0.15, 0.2) is 24.3 Å². The van der Waals surface area contributed by atoms with Gasteiger partial charge in [0.15, 0.2) is 0 Å². The van der Waals surface area contributed by atoms with E-state index in [1.807, 2.05) is 18.2 Å². The molecule has 1 aliphatic carbocycles. The maximum atomic E-state index is 11.9. The van der Waals surface area contributed by atoms with Gasteiger partial charge in [0.05, 0.1) is 6.10 Å². The van der Waals surface area contributed by atoms with Crippen molar-refractivity contribution in [1.29, 1.82) is 0 Å². The third kappa shape index (κ3) is 5.38. The second-order valence-electron chi connectivity index (χ2n) is 5.98. The SMILES string of the molecule is CC(O)c1cccc(NC(=O)NCCC2CCCCC2)c1. The van der Waals surface area contributed by atoms with Crippen LogP contribution in [-0.4, -0.2) is 17.7 Å². The fraction of sp³-hybridized carbons (Fsp3) is 0.588. The van der Waals surface area contributed by atoms with Crippen LogP contribution in [0.3, 0.4) is 0 Å². The molecule has 1 aromatic rings. The number of carbonyl (C=O) groups is 1. The molecule has 0 heterocycles. The van der Waals surface area contributed by atoms with Gasteiger partial charge < -0.3 is 15.7 Å². The number of urea groups is 1. The number of aliphatic hydroxyl groups excluding tert-OH is 1. The summed E-state index contributed by atoms with van der Waals surface area (Å²) in [5.41, 5.74) is 1.51. The fourth-order valence-electron chi connectivity index (χ4n) is 2.92. The van der Waals surface area contributed by atoms with E-state index in [2.05, 4.69) is 10.6 Å². The molecule has 0 bridgehead atoms. The molecule has 0 radical (unpaired) electrons. The molecule has 2 rings (SSSR count). The molecule has 1 atom stereocenters. The Bertz CT molecular complexity index is 454. The number of nitrogens with one attached hydrogen (secondary N) is 2. The van der Waals surface area contributed by atoms with Crippen LogP contribution in [0.1, 0.15) is 57.1 Å². The topological polar surface area (TPSA) is 61.4 Å². The minimum Gasteiger partial charge on any atom is -0.389 e. The van der Waals surface area contributed by atoms with Gasteiger partial charge >= 0.3 is 6.03 Å². The lowest BCUT2D eigenvalue weighted by Gasteiger charge is -2.21. The van der Waals surface area contributed by atoms with Crippen molar-refractivity contribution in [2.24, 2.45) is 5.92 Å². The lowest BCUT2D eigenvalue weighted by atomic mass is 9.87. The molecule has 4 nitrogen and oxygen atoms in total. The summed E-state index contributed by atoms with van der Waals surface area (Å²) in [6, 6.07) is 7.13. The third-order valence-electron chi connectivity index (χ3n) is 4.19. The molecular formula is C17H26N2O2. The van der Waals surface area contributed by atoms with Crippen LogP contribution < -0.4 is 10.6 Å². The van der Waals surface area contributed by atoms with Crippen molar-refractivity contribution < 1.29 is 9.90 Å². The maximum absolute atomic E-state index is 11.9. The number of aliphatic hydroxyl groups is 1. The van der Waals surface area contributed by atoms with Gasteiger partial charge in [-0.05, 0) is 37.0 Å². The Morgan fingerprint density at radius 3 is 2.81 bits per heavy atom. The average Bonchev–Trinajstić information content (AvgIpc) is 2.48. The summed E-state index contributed by atoms with van der Waals surface area (Å²) < 4.78 is 0. The smallest absolute Gasteiger partial charge is 0.319 e. The number of amides is 2. The van der Waals surface area contributed by atoms with Gasteiger partial charge in [0.2, 0.25) is 0 Å². The highest BCUT2D eigenvalue weighted by Gasteiger charge is 2.13. The molecule has 0 spiro atoms. The second-order valence-corrected chi connectivity index (χ2v) is 5.98. The molecule has 0 aliphatic heterocycles. The van der Waals surface area contributed by atoms with Crippen LogP contribution >= 0.6 is 0 Å². The van der Waals surface area contributed by atoms with Crippen molar-refractivity contribution in [2.75, 3.05) is 11.9 Å². The van der Waals surface area contributed by atoms with Crippen molar-refractivity contribution >= 4 is 11.7 Å². The van der Waals surface area contributed by atoms with Gasteiger partial charge in [-0.2, -0.15) is 0 Å². The molecular weight excluding hydrogens is 264 g/mol. The van der Waals surface area contributed by atoms with Crippen molar-refractivity contribution in [3.8, 4) is 0 Å². The zero-order chi connectivity index (χ0) is 15.1. The van der Waals surface area contributed by atoms with Gasteiger partial charge in [-0.1, -0.05) is 44.2 Å².